The Labute approximate surface area is 132 Å². The summed E-state index contributed by atoms with van der Waals surface area (Å²) in [6, 6.07) is 1.21. The average molecular weight is 346 g/mol. The molecule has 0 saturated heterocycles. The number of nitrogens with zero attached hydrogens (tertiary/aromatic N) is 1. The topological polar surface area (TPSA) is 109 Å². The van der Waals surface area contributed by atoms with Gasteiger partial charge in [-0.1, -0.05) is 0 Å². The van der Waals surface area contributed by atoms with Crippen molar-refractivity contribution in [3.05, 3.63) is 45.3 Å². The van der Waals surface area contributed by atoms with Crippen LogP contribution in [0.1, 0.15) is 20.1 Å². The molecule has 2 heterocycles. The van der Waals surface area contributed by atoms with Gasteiger partial charge in [0, 0.05) is 12.3 Å². The Balaban J connectivity index is 1.96. The van der Waals surface area contributed by atoms with E-state index in [2.05, 4.69) is 4.98 Å². The van der Waals surface area contributed by atoms with Crippen LogP contribution in [-0.2, 0) is 23.1 Å². The number of hydrogen-bond donors (Lipinski definition) is 1. The fraction of sp³-hybridized carbons (Fsp3) is 0.538. The van der Waals surface area contributed by atoms with Gasteiger partial charge in [0.1, 0.15) is 0 Å². The zero-order chi connectivity index (χ0) is 16.9. The Morgan fingerprint density at radius 3 is 2.57 bits per heavy atom. The number of ether oxygens (including phenoxy) is 2. The molecule has 23 heavy (non-hydrogen) atoms. The van der Waals surface area contributed by atoms with Gasteiger partial charge in [-0.3, -0.25) is 18.9 Å². The van der Waals surface area contributed by atoms with Gasteiger partial charge in [0.25, 0.3) is 5.56 Å². The van der Waals surface area contributed by atoms with Crippen molar-refractivity contribution in [3.63, 3.8) is 0 Å². The summed E-state index contributed by atoms with van der Waals surface area (Å²) in [5, 5.41) is 0. The van der Waals surface area contributed by atoms with Gasteiger partial charge in [0.15, 0.2) is 18.9 Å². The van der Waals surface area contributed by atoms with Gasteiger partial charge in [-0.05, 0) is 26.0 Å². The van der Waals surface area contributed by atoms with Gasteiger partial charge in [-0.2, -0.15) is 0 Å². The molecule has 2 atom stereocenters. The smallest absolute Gasteiger partial charge is 0.336 e. The Hall–Kier alpha value is -1.51. The van der Waals surface area contributed by atoms with Crippen molar-refractivity contribution >= 4 is 7.60 Å². The van der Waals surface area contributed by atoms with Crippen molar-refractivity contribution < 1.29 is 23.1 Å². The Bertz CT molecular complexity index is 701. The third kappa shape index (κ3) is 4.73. The van der Waals surface area contributed by atoms with Crippen LogP contribution in [0.2, 0.25) is 0 Å². The highest BCUT2D eigenvalue weighted by atomic mass is 31.2. The van der Waals surface area contributed by atoms with Crippen LogP contribution >= 0.6 is 7.60 Å². The SMILES string of the molecule is CCOP(=O)(CO[C@@H]1C=C[C@H](n2ccc(=O)[nH]c2=O)O1)OCC. The molecule has 128 valence electrons. The first-order valence-corrected chi connectivity index (χ1v) is 8.85. The van der Waals surface area contributed by atoms with Crippen LogP contribution in [0, 0.1) is 0 Å². The normalized spacial score (nSPS) is 21.0. The minimum absolute atomic E-state index is 0.234. The van der Waals surface area contributed by atoms with Crippen LogP contribution in [0.25, 0.3) is 0 Å². The lowest BCUT2D eigenvalue weighted by Gasteiger charge is -2.20. The summed E-state index contributed by atoms with van der Waals surface area (Å²) in [5.41, 5.74) is -1.09. The second kappa shape index (κ2) is 7.85. The van der Waals surface area contributed by atoms with Crippen LogP contribution in [0.15, 0.2) is 34.0 Å². The van der Waals surface area contributed by atoms with Crippen molar-refractivity contribution in [3.8, 4) is 0 Å². The van der Waals surface area contributed by atoms with E-state index in [0.717, 1.165) is 0 Å². The Kier molecular flexibility index (Phi) is 6.09. The monoisotopic (exact) mass is 346 g/mol. The van der Waals surface area contributed by atoms with Gasteiger partial charge in [0.05, 0.1) is 13.2 Å². The van der Waals surface area contributed by atoms with E-state index in [1.165, 1.54) is 16.8 Å². The van der Waals surface area contributed by atoms with Crippen LogP contribution in [0.3, 0.4) is 0 Å². The van der Waals surface area contributed by atoms with Gasteiger partial charge < -0.3 is 18.5 Å². The summed E-state index contributed by atoms with van der Waals surface area (Å²) < 4.78 is 34.6. The number of aromatic amines is 1. The summed E-state index contributed by atoms with van der Waals surface area (Å²) >= 11 is 0. The largest absolute Gasteiger partial charge is 0.356 e. The maximum absolute atomic E-state index is 12.3. The minimum Gasteiger partial charge on any atom is -0.336 e. The third-order valence-corrected chi connectivity index (χ3v) is 4.65. The fourth-order valence-corrected chi connectivity index (χ4v) is 3.30. The standard InChI is InChI=1S/C13H19N2O7P/c1-3-20-23(18,21-4-2)9-19-12-6-5-11(22-12)15-8-7-10(16)14-13(15)17/h5-8,11-12H,3-4,9H2,1-2H3,(H,14,16,17)/t11-,12+/m1/s1. The molecule has 0 fully saturated rings. The highest BCUT2D eigenvalue weighted by molar-refractivity contribution is 7.53. The minimum atomic E-state index is -3.33. The molecule has 1 aromatic heterocycles. The van der Waals surface area contributed by atoms with Gasteiger partial charge in [-0.25, -0.2) is 4.79 Å². The Morgan fingerprint density at radius 2 is 1.96 bits per heavy atom. The molecular formula is C13H19N2O7P. The summed E-state index contributed by atoms with van der Waals surface area (Å²) in [6.45, 7) is 3.88. The summed E-state index contributed by atoms with van der Waals surface area (Å²) in [5.74, 6) is 0. The second-order valence-electron chi connectivity index (χ2n) is 4.54. The molecule has 0 radical (unpaired) electrons. The van der Waals surface area contributed by atoms with Gasteiger partial charge in [0.2, 0.25) is 0 Å². The maximum atomic E-state index is 12.3. The highest BCUT2D eigenvalue weighted by Crippen LogP contribution is 2.48. The molecule has 9 nitrogen and oxygen atoms in total. The van der Waals surface area contributed by atoms with E-state index < -0.39 is 31.4 Å². The zero-order valence-corrected chi connectivity index (χ0v) is 13.7. The lowest BCUT2D eigenvalue weighted by atomic mass is 10.5. The maximum Gasteiger partial charge on any atom is 0.356 e. The van der Waals surface area contributed by atoms with E-state index in [9.17, 15) is 14.2 Å². The molecule has 0 spiro atoms. The first-order chi connectivity index (χ1) is 11.0. The molecule has 0 unspecified atom stereocenters. The molecule has 1 aromatic rings. The van der Waals surface area contributed by atoms with Crippen LogP contribution in [-0.4, -0.2) is 35.4 Å². The molecule has 0 bridgehead atoms. The quantitative estimate of drug-likeness (QED) is 0.556. The first-order valence-electron chi connectivity index (χ1n) is 7.12. The van der Waals surface area contributed by atoms with E-state index in [0.29, 0.717) is 0 Å². The van der Waals surface area contributed by atoms with Crippen molar-refractivity contribution in [2.45, 2.75) is 26.4 Å². The predicted molar refractivity (Wildman–Crippen MR) is 81.2 cm³/mol. The van der Waals surface area contributed by atoms with Crippen molar-refractivity contribution in [1.29, 1.82) is 0 Å². The van der Waals surface area contributed by atoms with E-state index in [1.54, 1.807) is 26.0 Å². The number of nitrogens with one attached hydrogen (secondary N) is 1. The molecule has 10 heteroatoms. The molecule has 1 aliphatic heterocycles. The molecule has 1 N–H and O–H groups in total. The van der Waals surface area contributed by atoms with Crippen molar-refractivity contribution in [2.75, 3.05) is 19.6 Å². The molecular weight excluding hydrogens is 327 g/mol. The summed E-state index contributed by atoms with van der Waals surface area (Å²) in [6.07, 6.45) is 2.71. The predicted octanol–water partition coefficient (Wildman–Crippen LogP) is 1.19. The van der Waals surface area contributed by atoms with Crippen LogP contribution in [0.5, 0.6) is 0 Å². The Morgan fingerprint density at radius 1 is 1.26 bits per heavy atom. The number of H-pyrrole nitrogens is 1. The molecule has 0 aliphatic carbocycles. The van der Waals surface area contributed by atoms with Crippen molar-refractivity contribution in [2.24, 2.45) is 0 Å². The van der Waals surface area contributed by atoms with Crippen LogP contribution in [0.4, 0.5) is 0 Å². The lowest BCUT2D eigenvalue weighted by Crippen LogP contribution is -2.31. The first kappa shape index (κ1) is 17.8. The van der Waals surface area contributed by atoms with E-state index in [-0.39, 0.29) is 19.6 Å². The third-order valence-electron chi connectivity index (χ3n) is 2.88. The molecule has 2 rings (SSSR count). The molecule has 0 aromatic carbocycles. The fourth-order valence-electron chi connectivity index (χ4n) is 1.96. The second-order valence-corrected chi connectivity index (χ2v) is 6.54. The average Bonchev–Trinajstić information content (AvgIpc) is 2.94. The van der Waals surface area contributed by atoms with E-state index >= 15 is 0 Å². The van der Waals surface area contributed by atoms with Gasteiger partial charge >= 0.3 is 13.3 Å². The molecule has 0 amide bonds. The lowest BCUT2D eigenvalue weighted by molar-refractivity contribution is -0.128. The summed E-state index contributed by atoms with van der Waals surface area (Å²) in [7, 11) is -3.33. The van der Waals surface area contributed by atoms with Gasteiger partial charge in [-0.15, -0.1) is 0 Å². The zero-order valence-electron chi connectivity index (χ0n) is 12.8. The highest BCUT2D eigenvalue weighted by Gasteiger charge is 2.28. The summed E-state index contributed by atoms with van der Waals surface area (Å²) in [4.78, 5) is 24.9. The molecule has 0 saturated carbocycles. The van der Waals surface area contributed by atoms with Crippen molar-refractivity contribution in [1.82, 2.24) is 9.55 Å². The number of aromatic nitrogens is 2. The number of hydrogen-bond acceptors (Lipinski definition) is 7. The van der Waals surface area contributed by atoms with E-state index in [4.69, 9.17) is 18.5 Å². The molecule has 1 aliphatic rings. The van der Waals surface area contributed by atoms with Crippen LogP contribution < -0.4 is 11.2 Å². The van der Waals surface area contributed by atoms with E-state index in [1.807, 2.05) is 0 Å². The number of rotatable bonds is 8.